The van der Waals surface area contributed by atoms with Gasteiger partial charge in [-0.05, 0) is 33.6 Å². The van der Waals surface area contributed by atoms with Crippen LogP contribution in [0.25, 0.3) is 5.65 Å². The Morgan fingerprint density at radius 3 is 2.59 bits per heavy atom. The van der Waals surface area contributed by atoms with Crippen molar-refractivity contribution in [1.29, 1.82) is 0 Å². The smallest absolute Gasteiger partial charge is 0.335 e. The van der Waals surface area contributed by atoms with E-state index in [2.05, 4.69) is 26.0 Å². The summed E-state index contributed by atoms with van der Waals surface area (Å²) < 4.78 is 40.7. The van der Waals surface area contributed by atoms with Crippen LogP contribution in [-0.2, 0) is 12.7 Å². The minimum atomic E-state index is -4.35. The third-order valence-corrected chi connectivity index (χ3v) is 5.59. The predicted molar refractivity (Wildman–Crippen MR) is 103 cm³/mol. The molecule has 1 aliphatic heterocycles. The highest BCUT2D eigenvalue weighted by molar-refractivity contribution is 9.10. The van der Waals surface area contributed by atoms with Crippen molar-refractivity contribution in [1.82, 2.24) is 24.4 Å². The number of halogens is 4. The summed E-state index contributed by atoms with van der Waals surface area (Å²) in [7, 11) is 0. The number of carbonyl (C=O) groups is 1. The highest BCUT2D eigenvalue weighted by Crippen LogP contribution is 2.30. The fourth-order valence-corrected chi connectivity index (χ4v) is 3.89. The van der Waals surface area contributed by atoms with Crippen molar-refractivity contribution in [2.45, 2.75) is 12.7 Å². The first-order chi connectivity index (χ1) is 13.8. The molecule has 3 aromatic rings. The van der Waals surface area contributed by atoms with Crippen molar-refractivity contribution in [2.75, 3.05) is 26.2 Å². The number of fused-ring (bicyclic) bond motifs is 1. The fourth-order valence-electron chi connectivity index (χ4n) is 3.36. The molecular formula is C19H17BrF3N5O. The van der Waals surface area contributed by atoms with E-state index in [1.165, 1.54) is 12.1 Å². The van der Waals surface area contributed by atoms with Gasteiger partial charge in [-0.3, -0.25) is 9.69 Å². The van der Waals surface area contributed by atoms with Gasteiger partial charge in [0.1, 0.15) is 0 Å². The van der Waals surface area contributed by atoms with Crippen molar-refractivity contribution in [2.24, 2.45) is 0 Å². The number of nitrogens with zero attached hydrogens (tertiary/aromatic N) is 5. The molecule has 2 aromatic heterocycles. The Morgan fingerprint density at radius 2 is 1.90 bits per heavy atom. The molecule has 0 bridgehead atoms. The van der Waals surface area contributed by atoms with Crippen molar-refractivity contribution >= 4 is 27.5 Å². The molecule has 1 aromatic carbocycles. The Balaban J connectivity index is 1.40. The first-order valence-electron chi connectivity index (χ1n) is 8.99. The van der Waals surface area contributed by atoms with Gasteiger partial charge in [0.25, 0.3) is 5.91 Å². The predicted octanol–water partition coefficient (Wildman–Crippen LogP) is 3.47. The molecule has 0 N–H and O–H groups in total. The second-order valence-corrected chi connectivity index (χ2v) is 7.61. The lowest BCUT2D eigenvalue weighted by molar-refractivity contribution is -0.137. The van der Waals surface area contributed by atoms with E-state index in [9.17, 15) is 18.0 Å². The van der Waals surface area contributed by atoms with E-state index in [1.54, 1.807) is 33.9 Å². The summed E-state index contributed by atoms with van der Waals surface area (Å²) in [6, 6.07) is 7.09. The second-order valence-electron chi connectivity index (χ2n) is 6.82. The van der Waals surface area contributed by atoms with Gasteiger partial charge in [-0.1, -0.05) is 18.2 Å². The number of amides is 1. The van der Waals surface area contributed by atoms with Gasteiger partial charge >= 0.3 is 6.18 Å². The zero-order valence-electron chi connectivity index (χ0n) is 15.2. The molecule has 29 heavy (non-hydrogen) atoms. The van der Waals surface area contributed by atoms with E-state index < -0.39 is 11.7 Å². The van der Waals surface area contributed by atoms with Crippen molar-refractivity contribution in [3.63, 3.8) is 0 Å². The Labute approximate surface area is 173 Å². The van der Waals surface area contributed by atoms with Crippen LogP contribution < -0.4 is 0 Å². The zero-order valence-corrected chi connectivity index (χ0v) is 16.8. The summed E-state index contributed by atoms with van der Waals surface area (Å²) in [4.78, 5) is 20.8. The lowest BCUT2D eigenvalue weighted by Crippen LogP contribution is -2.48. The van der Waals surface area contributed by atoms with E-state index in [0.717, 1.165) is 6.07 Å². The molecule has 1 saturated heterocycles. The monoisotopic (exact) mass is 467 g/mol. The Morgan fingerprint density at radius 1 is 1.14 bits per heavy atom. The molecule has 1 aliphatic rings. The van der Waals surface area contributed by atoms with Crippen LogP contribution in [-0.4, -0.2) is 56.5 Å². The number of piperazine rings is 1. The molecule has 10 heteroatoms. The molecule has 1 fully saturated rings. The number of aromatic nitrogens is 3. The van der Waals surface area contributed by atoms with Gasteiger partial charge in [0, 0.05) is 45.1 Å². The molecule has 0 unspecified atom stereocenters. The highest BCUT2D eigenvalue weighted by Gasteiger charge is 2.31. The normalized spacial score (nSPS) is 15.8. The van der Waals surface area contributed by atoms with Gasteiger partial charge in [0.2, 0.25) is 0 Å². The van der Waals surface area contributed by atoms with Crippen LogP contribution in [0.15, 0.2) is 47.2 Å². The molecule has 3 heterocycles. The Bertz CT molecular complexity index is 1040. The lowest BCUT2D eigenvalue weighted by atomic mass is 10.1. The van der Waals surface area contributed by atoms with E-state index in [4.69, 9.17) is 0 Å². The van der Waals surface area contributed by atoms with Gasteiger partial charge in [-0.25, -0.2) is 9.50 Å². The molecule has 0 spiro atoms. The largest absolute Gasteiger partial charge is 0.416 e. The van der Waals surface area contributed by atoms with Crippen LogP contribution in [0.3, 0.4) is 0 Å². The third kappa shape index (κ3) is 4.13. The van der Waals surface area contributed by atoms with Crippen LogP contribution in [0, 0.1) is 0 Å². The average molecular weight is 468 g/mol. The number of carbonyl (C=O) groups excluding carboxylic acids is 1. The number of hydrogen-bond acceptors (Lipinski definition) is 4. The molecule has 0 aliphatic carbocycles. The van der Waals surface area contributed by atoms with Crippen LogP contribution in [0.1, 0.15) is 21.6 Å². The summed E-state index contributed by atoms with van der Waals surface area (Å²) >= 11 is 3.40. The molecule has 4 rings (SSSR count). The number of rotatable bonds is 3. The molecule has 1 amide bonds. The van der Waals surface area contributed by atoms with E-state index in [1.807, 2.05) is 4.90 Å². The fraction of sp³-hybridized carbons (Fsp3) is 0.316. The van der Waals surface area contributed by atoms with Crippen LogP contribution in [0.4, 0.5) is 13.2 Å². The van der Waals surface area contributed by atoms with Crippen molar-refractivity contribution in [3.8, 4) is 0 Å². The van der Waals surface area contributed by atoms with Crippen LogP contribution in [0.2, 0.25) is 0 Å². The quantitative estimate of drug-likeness (QED) is 0.591. The summed E-state index contributed by atoms with van der Waals surface area (Å²) in [6.45, 7) is 2.52. The second kappa shape index (κ2) is 7.75. The van der Waals surface area contributed by atoms with Crippen LogP contribution >= 0.6 is 15.9 Å². The summed E-state index contributed by atoms with van der Waals surface area (Å²) in [5.74, 6) is -0.193. The van der Waals surface area contributed by atoms with Gasteiger partial charge in [0.15, 0.2) is 11.3 Å². The highest BCUT2D eigenvalue weighted by atomic mass is 79.9. The first kappa shape index (κ1) is 19.8. The van der Waals surface area contributed by atoms with E-state index in [-0.39, 0.29) is 5.91 Å². The van der Waals surface area contributed by atoms with Gasteiger partial charge in [-0.2, -0.15) is 18.3 Å². The summed E-state index contributed by atoms with van der Waals surface area (Å²) in [5.41, 5.74) is 0.831. The Hall–Kier alpha value is -2.46. The average Bonchev–Trinajstić information content (AvgIpc) is 3.04. The third-order valence-electron chi connectivity index (χ3n) is 4.86. The van der Waals surface area contributed by atoms with E-state index in [0.29, 0.717) is 54.1 Å². The maximum Gasteiger partial charge on any atom is 0.416 e. The lowest BCUT2D eigenvalue weighted by Gasteiger charge is -2.34. The van der Waals surface area contributed by atoms with E-state index >= 15 is 0 Å². The molecule has 0 saturated carbocycles. The Kier molecular flexibility index (Phi) is 5.30. The van der Waals surface area contributed by atoms with Crippen molar-refractivity contribution in [3.05, 3.63) is 64.0 Å². The van der Waals surface area contributed by atoms with Gasteiger partial charge in [-0.15, -0.1) is 0 Å². The van der Waals surface area contributed by atoms with Crippen molar-refractivity contribution < 1.29 is 18.0 Å². The summed E-state index contributed by atoms with van der Waals surface area (Å²) in [6.07, 6.45) is -1.00. The summed E-state index contributed by atoms with van der Waals surface area (Å²) in [5, 5.41) is 4.30. The standard InChI is InChI=1S/C19H17BrF3N5O/c20-15-16(25-28-6-2-5-24-17(15)28)18(29)27-9-7-26(8-10-27)12-13-3-1-4-14(11-13)19(21,22)23/h1-6,11H,7-10,12H2. The molecule has 0 radical (unpaired) electrons. The SMILES string of the molecule is O=C(c1nn2cccnc2c1Br)N1CCN(Cc2cccc(C(F)(F)F)c2)CC1. The van der Waals surface area contributed by atoms with Crippen LogP contribution in [0.5, 0.6) is 0 Å². The molecule has 152 valence electrons. The molecule has 0 atom stereocenters. The zero-order chi connectivity index (χ0) is 20.6. The maximum absolute atomic E-state index is 12.9. The van der Waals surface area contributed by atoms with Gasteiger partial charge in [0.05, 0.1) is 10.0 Å². The minimum Gasteiger partial charge on any atom is -0.335 e. The minimum absolute atomic E-state index is 0.193. The number of alkyl halides is 3. The number of hydrogen-bond donors (Lipinski definition) is 0. The molecule has 6 nitrogen and oxygen atoms in total. The first-order valence-corrected chi connectivity index (χ1v) is 9.79. The maximum atomic E-state index is 12.9. The topological polar surface area (TPSA) is 53.7 Å². The van der Waals surface area contributed by atoms with Gasteiger partial charge < -0.3 is 4.90 Å². The number of benzene rings is 1. The molecular weight excluding hydrogens is 451 g/mol.